The first kappa shape index (κ1) is 16.9. The molecule has 20 heavy (non-hydrogen) atoms. The average molecular weight is 320 g/mol. The van der Waals surface area contributed by atoms with Gasteiger partial charge in [0.2, 0.25) is 10.0 Å². The van der Waals surface area contributed by atoms with E-state index < -0.39 is 21.9 Å². The highest BCUT2D eigenvalue weighted by atomic mass is 35.5. The van der Waals surface area contributed by atoms with Crippen molar-refractivity contribution in [3.63, 3.8) is 0 Å². The molecule has 0 fully saturated rings. The zero-order valence-corrected chi connectivity index (χ0v) is 13.2. The molecular formula is C13H18ClNO4S. The highest BCUT2D eigenvalue weighted by Crippen LogP contribution is 2.22. The van der Waals surface area contributed by atoms with E-state index in [1.807, 2.05) is 0 Å². The van der Waals surface area contributed by atoms with E-state index in [2.05, 4.69) is 4.72 Å². The summed E-state index contributed by atoms with van der Waals surface area (Å²) in [7, 11) is -3.70. The van der Waals surface area contributed by atoms with E-state index in [0.29, 0.717) is 10.6 Å². The van der Waals surface area contributed by atoms with Crippen LogP contribution in [0.4, 0.5) is 0 Å². The maximum atomic E-state index is 12.2. The standard InChI is InChI=1S/C13H18ClNO4S/c1-4-19-13(16)9(2)8-15-20(17,18)12-7-5-6-11(14)10(12)3/h5-7,9,15H,4,8H2,1-3H3. The quantitative estimate of drug-likeness (QED) is 0.815. The fourth-order valence-electron chi connectivity index (χ4n) is 1.56. The molecular weight excluding hydrogens is 302 g/mol. The maximum Gasteiger partial charge on any atom is 0.309 e. The summed E-state index contributed by atoms with van der Waals surface area (Å²) in [6.45, 7) is 5.18. The van der Waals surface area contributed by atoms with Crippen molar-refractivity contribution >= 4 is 27.6 Å². The molecule has 1 N–H and O–H groups in total. The molecule has 1 aromatic carbocycles. The largest absolute Gasteiger partial charge is 0.466 e. The van der Waals surface area contributed by atoms with E-state index in [1.165, 1.54) is 6.07 Å². The van der Waals surface area contributed by atoms with Gasteiger partial charge >= 0.3 is 5.97 Å². The number of carbonyl (C=O) groups excluding carboxylic acids is 1. The van der Waals surface area contributed by atoms with Crippen molar-refractivity contribution in [2.75, 3.05) is 13.2 Å². The minimum Gasteiger partial charge on any atom is -0.466 e. The Labute approximate surface area is 124 Å². The number of esters is 1. The summed E-state index contributed by atoms with van der Waals surface area (Å²) >= 11 is 5.91. The Morgan fingerprint density at radius 1 is 1.45 bits per heavy atom. The Morgan fingerprint density at radius 2 is 2.10 bits per heavy atom. The lowest BCUT2D eigenvalue weighted by Crippen LogP contribution is -2.32. The van der Waals surface area contributed by atoms with Gasteiger partial charge < -0.3 is 4.74 Å². The van der Waals surface area contributed by atoms with Crippen LogP contribution in [0.2, 0.25) is 5.02 Å². The van der Waals surface area contributed by atoms with Crippen LogP contribution >= 0.6 is 11.6 Å². The van der Waals surface area contributed by atoms with Crippen molar-refractivity contribution in [2.45, 2.75) is 25.7 Å². The van der Waals surface area contributed by atoms with Gasteiger partial charge in [0.1, 0.15) is 0 Å². The third-order valence-electron chi connectivity index (χ3n) is 2.78. The zero-order valence-electron chi connectivity index (χ0n) is 11.6. The Hall–Kier alpha value is -1.11. The highest BCUT2D eigenvalue weighted by molar-refractivity contribution is 7.89. The van der Waals surface area contributed by atoms with Crippen LogP contribution in [0, 0.1) is 12.8 Å². The van der Waals surface area contributed by atoms with Gasteiger partial charge in [0.25, 0.3) is 0 Å². The van der Waals surface area contributed by atoms with Gasteiger partial charge in [-0.1, -0.05) is 24.6 Å². The lowest BCUT2D eigenvalue weighted by Gasteiger charge is -2.13. The third kappa shape index (κ3) is 4.19. The van der Waals surface area contributed by atoms with E-state index in [9.17, 15) is 13.2 Å². The van der Waals surface area contributed by atoms with Crippen LogP contribution in [0.25, 0.3) is 0 Å². The molecule has 0 spiro atoms. The fraction of sp³-hybridized carbons (Fsp3) is 0.462. The summed E-state index contributed by atoms with van der Waals surface area (Å²) in [5.41, 5.74) is 0.477. The van der Waals surface area contributed by atoms with Crippen molar-refractivity contribution in [3.8, 4) is 0 Å². The van der Waals surface area contributed by atoms with Crippen molar-refractivity contribution in [3.05, 3.63) is 28.8 Å². The molecule has 0 aliphatic rings. The molecule has 0 heterocycles. The fourth-order valence-corrected chi connectivity index (χ4v) is 3.19. The molecule has 0 radical (unpaired) electrons. The molecule has 0 aliphatic carbocycles. The second-order valence-electron chi connectivity index (χ2n) is 4.37. The monoisotopic (exact) mass is 319 g/mol. The van der Waals surface area contributed by atoms with Crippen LogP contribution in [-0.4, -0.2) is 27.5 Å². The minimum atomic E-state index is -3.70. The number of carbonyl (C=O) groups is 1. The normalized spacial score (nSPS) is 13.0. The Morgan fingerprint density at radius 3 is 2.70 bits per heavy atom. The van der Waals surface area contributed by atoms with Gasteiger partial charge in [0.05, 0.1) is 17.4 Å². The third-order valence-corrected chi connectivity index (χ3v) is 4.75. The number of halogens is 1. The van der Waals surface area contributed by atoms with Crippen molar-refractivity contribution in [1.29, 1.82) is 0 Å². The second kappa shape index (κ2) is 7.06. The van der Waals surface area contributed by atoms with E-state index in [1.54, 1.807) is 32.9 Å². The SMILES string of the molecule is CCOC(=O)C(C)CNS(=O)(=O)c1cccc(Cl)c1C. The smallest absolute Gasteiger partial charge is 0.309 e. The first-order valence-corrected chi connectivity index (χ1v) is 8.07. The molecule has 0 aromatic heterocycles. The molecule has 1 rings (SSSR count). The summed E-state index contributed by atoms with van der Waals surface area (Å²) in [6.07, 6.45) is 0. The van der Waals surface area contributed by atoms with Gasteiger partial charge in [-0.25, -0.2) is 13.1 Å². The Balaban J connectivity index is 2.81. The average Bonchev–Trinajstić information content (AvgIpc) is 2.39. The number of sulfonamides is 1. The van der Waals surface area contributed by atoms with E-state index >= 15 is 0 Å². The predicted octanol–water partition coefficient (Wildman–Crippen LogP) is 2.13. The van der Waals surface area contributed by atoms with Gasteiger partial charge in [0.15, 0.2) is 0 Å². The second-order valence-corrected chi connectivity index (χ2v) is 6.51. The van der Waals surface area contributed by atoms with Crippen LogP contribution in [0.1, 0.15) is 19.4 Å². The highest BCUT2D eigenvalue weighted by Gasteiger charge is 2.21. The van der Waals surface area contributed by atoms with Crippen molar-refractivity contribution in [1.82, 2.24) is 4.72 Å². The summed E-state index contributed by atoms with van der Waals surface area (Å²) in [6, 6.07) is 4.66. The van der Waals surface area contributed by atoms with Crippen LogP contribution in [0.15, 0.2) is 23.1 Å². The number of nitrogens with one attached hydrogen (secondary N) is 1. The number of hydrogen-bond donors (Lipinski definition) is 1. The lowest BCUT2D eigenvalue weighted by molar-refractivity contribution is -0.147. The topological polar surface area (TPSA) is 72.5 Å². The molecule has 1 aromatic rings. The number of benzene rings is 1. The Kier molecular flexibility index (Phi) is 5.98. The molecule has 1 atom stereocenters. The van der Waals surface area contributed by atoms with Gasteiger partial charge in [0, 0.05) is 11.6 Å². The molecule has 0 aliphatic heterocycles. The first-order chi connectivity index (χ1) is 9.29. The van der Waals surface area contributed by atoms with E-state index in [-0.39, 0.29) is 18.0 Å². The summed E-state index contributed by atoms with van der Waals surface area (Å²) in [5, 5.41) is 0.381. The summed E-state index contributed by atoms with van der Waals surface area (Å²) < 4.78 is 31.6. The lowest BCUT2D eigenvalue weighted by atomic mass is 10.2. The van der Waals surface area contributed by atoms with Gasteiger partial charge in [-0.2, -0.15) is 0 Å². The first-order valence-electron chi connectivity index (χ1n) is 6.21. The van der Waals surface area contributed by atoms with Gasteiger partial charge in [-0.15, -0.1) is 0 Å². The van der Waals surface area contributed by atoms with E-state index in [0.717, 1.165) is 0 Å². The molecule has 0 amide bonds. The van der Waals surface area contributed by atoms with Crippen molar-refractivity contribution in [2.24, 2.45) is 5.92 Å². The van der Waals surface area contributed by atoms with E-state index in [4.69, 9.17) is 16.3 Å². The molecule has 7 heteroatoms. The van der Waals surface area contributed by atoms with Crippen LogP contribution in [0.5, 0.6) is 0 Å². The van der Waals surface area contributed by atoms with Crippen LogP contribution in [0.3, 0.4) is 0 Å². The minimum absolute atomic E-state index is 0.0207. The van der Waals surface area contributed by atoms with Gasteiger partial charge in [-0.3, -0.25) is 4.79 Å². The molecule has 0 saturated carbocycles. The molecule has 0 saturated heterocycles. The molecule has 5 nitrogen and oxygen atoms in total. The molecule has 112 valence electrons. The zero-order chi connectivity index (χ0) is 15.3. The molecule has 0 bridgehead atoms. The van der Waals surface area contributed by atoms with Crippen LogP contribution < -0.4 is 4.72 Å². The molecule has 1 unspecified atom stereocenters. The number of hydrogen-bond acceptors (Lipinski definition) is 4. The predicted molar refractivity (Wildman–Crippen MR) is 77.2 cm³/mol. The maximum absolute atomic E-state index is 12.2. The number of rotatable bonds is 6. The van der Waals surface area contributed by atoms with Gasteiger partial charge in [-0.05, 0) is 31.5 Å². The van der Waals surface area contributed by atoms with Crippen molar-refractivity contribution < 1.29 is 17.9 Å². The summed E-state index contributed by atoms with van der Waals surface area (Å²) in [4.78, 5) is 11.6. The Bertz CT molecular complexity index is 586. The van der Waals surface area contributed by atoms with Crippen LogP contribution in [-0.2, 0) is 19.6 Å². The summed E-state index contributed by atoms with van der Waals surface area (Å²) in [5.74, 6) is -0.984. The number of ether oxygens (including phenoxy) is 1.